The van der Waals surface area contributed by atoms with Crippen LogP contribution in [0.5, 0.6) is 17.2 Å². The van der Waals surface area contributed by atoms with Gasteiger partial charge in [0.25, 0.3) is 0 Å². The lowest BCUT2D eigenvalue weighted by atomic mass is 10.3. The first-order valence-corrected chi connectivity index (χ1v) is 8.84. The van der Waals surface area contributed by atoms with Gasteiger partial charge in [-0.1, -0.05) is 48.0 Å². The number of hydrogen-bond acceptors (Lipinski definition) is 3. The maximum Gasteiger partial charge on any atom is 0.319 e. The van der Waals surface area contributed by atoms with Crippen LogP contribution >= 0.6 is 11.6 Å². The molecule has 0 aromatic heterocycles. The fourth-order valence-corrected chi connectivity index (χ4v) is 2.51. The second kappa shape index (κ2) is 9.50. The monoisotopic (exact) mass is 382 g/mol. The highest BCUT2D eigenvalue weighted by Crippen LogP contribution is 2.28. The summed E-state index contributed by atoms with van der Waals surface area (Å²) in [6.45, 7) is 0.677. The predicted molar refractivity (Wildman–Crippen MR) is 107 cm³/mol. The van der Waals surface area contributed by atoms with Crippen LogP contribution in [0.3, 0.4) is 0 Å². The summed E-state index contributed by atoms with van der Waals surface area (Å²) < 4.78 is 11.4. The van der Waals surface area contributed by atoms with Crippen molar-refractivity contribution in [2.45, 2.75) is 0 Å². The van der Waals surface area contributed by atoms with Gasteiger partial charge in [0.15, 0.2) is 5.75 Å². The van der Waals surface area contributed by atoms with Crippen molar-refractivity contribution in [3.8, 4) is 17.2 Å². The Hall–Kier alpha value is -3.18. The lowest BCUT2D eigenvalue weighted by Gasteiger charge is -2.13. The minimum Gasteiger partial charge on any atom is -0.492 e. The Labute approximate surface area is 162 Å². The molecule has 0 radical (unpaired) electrons. The van der Waals surface area contributed by atoms with Crippen molar-refractivity contribution in [1.29, 1.82) is 0 Å². The van der Waals surface area contributed by atoms with Crippen LogP contribution < -0.4 is 20.1 Å². The molecule has 27 heavy (non-hydrogen) atoms. The summed E-state index contributed by atoms with van der Waals surface area (Å²) in [6.07, 6.45) is 0. The molecule has 0 aliphatic carbocycles. The van der Waals surface area contributed by atoms with Crippen LogP contribution in [0, 0.1) is 0 Å². The van der Waals surface area contributed by atoms with E-state index >= 15 is 0 Å². The Kier molecular flexibility index (Phi) is 6.55. The Morgan fingerprint density at radius 1 is 0.889 bits per heavy atom. The largest absolute Gasteiger partial charge is 0.492 e. The van der Waals surface area contributed by atoms with Crippen molar-refractivity contribution in [3.05, 3.63) is 83.9 Å². The van der Waals surface area contributed by atoms with Crippen molar-refractivity contribution in [3.63, 3.8) is 0 Å². The number of carbonyl (C=O) groups is 1. The molecule has 0 unspecified atom stereocenters. The number of nitrogens with one attached hydrogen (secondary N) is 2. The van der Waals surface area contributed by atoms with Crippen molar-refractivity contribution in [2.24, 2.45) is 0 Å². The van der Waals surface area contributed by atoms with Crippen LogP contribution in [0.1, 0.15) is 0 Å². The molecule has 0 spiro atoms. The van der Waals surface area contributed by atoms with E-state index in [2.05, 4.69) is 10.6 Å². The van der Waals surface area contributed by atoms with E-state index in [9.17, 15) is 4.79 Å². The topological polar surface area (TPSA) is 59.6 Å². The van der Waals surface area contributed by atoms with Crippen LogP contribution in [0.15, 0.2) is 78.9 Å². The molecule has 0 heterocycles. The van der Waals surface area contributed by atoms with E-state index in [-0.39, 0.29) is 6.03 Å². The molecule has 5 nitrogen and oxygen atoms in total. The predicted octanol–water partition coefficient (Wildman–Crippen LogP) is 5.33. The molecule has 3 aromatic carbocycles. The average Bonchev–Trinajstić information content (AvgIpc) is 2.68. The van der Waals surface area contributed by atoms with E-state index in [1.807, 2.05) is 54.6 Å². The number of urea groups is 1. The van der Waals surface area contributed by atoms with Gasteiger partial charge in [-0.3, -0.25) is 0 Å². The molecule has 0 saturated heterocycles. The lowest BCUT2D eigenvalue weighted by Crippen LogP contribution is -2.32. The van der Waals surface area contributed by atoms with E-state index in [0.717, 1.165) is 0 Å². The quantitative estimate of drug-likeness (QED) is 0.543. The molecule has 0 fully saturated rings. The van der Waals surface area contributed by atoms with Gasteiger partial charge in [-0.05, 0) is 42.5 Å². The lowest BCUT2D eigenvalue weighted by molar-refractivity contribution is 0.247. The second-order valence-electron chi connectivity index (χ2n) is 5.60. The average molecular weight is 383 g/mol. The van der Waals surface area contributed by atoms with Gasteiger partial charge in [-0.15, -0.1) is 0 Å². The first kappa shape index (κ1) is 18.6. The van der Waals surface area contributed by atoms with Crippen LogP contribution in [0.2, 0.25) is 5.02 Å². The van der Waals surface area contributed by atoms with Gasteiger partial charge in [-0.2, -0.15) is 0 Å². The first-order chi connectivity index (χ1) is 13.2. The van der Waals surface area contributed by atoms with Gasteiger partial charge in [-0.25, -0.2) is 4.79 Å². The van der Waals surface area contributed by atoms with E-state index in [1.54, 1.807) is 24.3 Å². The number of para-hydroxylation sites is 3. The summed E-state index contributed by atoms with van der Waals surface area (Å²) in [4.78, 5) is 12.1. The van der Waals surface area contributed by atoms with Crippen LogP contribution in [0.25, 0.3) is 0 Å². The molecule has 2 amide bonds. The van der Waals surface area contributed by atoms with Gasteiger partial charge in [0.05, 0.1) is 12.2 Å². The van der Waals surface area contributed by atoms with E-state index < -0.39 is 0 Å². The molecule has 6 heteroatoms. The second-order valence-corrected chi connectivity index (χ2v) is 6.03. The molecule has 0 bridgehead atoms. The van der Waals surface area contributed by atoms with Gasteiger partial charge < -0.3 is 20.1 Å². The number of carbonyl (C=O) groups excluding carboxylic acids is 1. The Morgan fingerprint density at radius 3 is 2.44 bits per heavy atom. The number of ether oxygens (including phenoxy) is 2. The zero-order valence-electron chi connectivity index (χ0n) is 14.5. The maximum absolute atomic E-state index is 12.1. The molecule has 0 atom stereocenters. The minimum atomic E-state index is -0.339. The third-order valence-electron chi connectivity index (χ3n) is 3.56. The van der Waals surface area contributed by atoms with Gasteiger partial charge in [0.2, 0.25) is 0 Å². The summed E-state index contributed by atoms with van der Waals surface area (Å²) in [6, 6.07) is 23.4. The fourth-order valence-electron chi connectivity index (χ4n) is 2.33. The van der Waals surface area contributed by atoms with Crippen LogP contribution in [-0.2, 0) is 0 Å². The molecule has 0 saturated carbocycles. The Bertz CT molecular complexity index is 887. The number of amides is 2. The number of anilines is 1. The molecule has 0 aliphatic rings. The smallest absolute Gasteiger partial charge is 0.319 e. The van der Waals surface area contributed by atoms with Crippen molar-refractivity contribution >= 4 is 23.3 Å². The minimum absolute atomic E-state index is 0.329. The van der Waals surface area contributed by atoms with E-state index in [1.165, 1.54) is 0 Å². The molecule has 138 valence electrons. The zero-order chi connectivity index (χ0) is 18.9. The maximum atomic E-state index is 12.1. The van der Waals surface area contributed by atoms with Crippen molar-refractivity contribution < 1.29 is 14.3 Å². The molecule has 2 N–H and O–H groups in total. The summed E-state index contributed by atoms with van der Waals surface area (Å²) in [5, 5.41) is 6.14. The number of benzene rings is 3. The Balaban J connectivity index is 1.49. The first-order valence-electron chi connectivity index (χ1n) is 8.46. The number of hydrogen-bond donors (Lipinski definition) is 2. The fraction of sp³-hybridized carbons (Fsp3) is 0.0952. The van der Waals surface area contributed by atoms with Gasteiger partial charge >= 0.3 is 6.03 Å². The standard InChI is InChI=1S/C21H19ClN2O3/c22-16-7-6-10-18(15-16)26-14-13-23-21(25)24-19-11-4-5-12-20(19)27-17-8-2-1-3-9-17/h1-12,15H,13-14H2,(H2,23,24,25). The van der Waals surface area contributed by atoms with Crippen molar-refractivity contribution in [1.82, 2.24) is 5.32 Å². The van der Waals surface area contributed by atoms with Gasteiger partial charge in [0.1, 0.15) is 18.1 Å². The van der Waals surface area contributed by atoms with Gasteiger partial charge in [0, 0.05) is 5.02 Å². The summed E-state index contributed by atoms with van der Waals surface area (Å²) in [5.74, 6) is 1.92. The summed E-state index contributed by atoms with van der Waals surface area (Å²) in [5.41, 5.74) is 0.578. The van der Waals surface area contributed by atoms with Crippen LogP contribution in [0.4, 0.5) is 10.5 Å². The van der Waals surface area contributed by atoms with E-state index in [0.29, 0.717) is 41.1 Å². The molecule has 3 rings (SSSR count). The van der Waals surface area contributed by atoms with Crippen LogP contribution in [-0.4, -0.2) is 19.2 Å². The number of rotatable bonds is 7. The number of halogens is 1. The highest BCUT2D eigenvalue weighted by Gasteiger charge is 2.08. The molecule has 3 aromatic rings. The summed E-state index contributed by atoms with van der Waals surface area (Å²) >= 11 is 5.90. The SMILES string of the molecule is O=C(NCCOc1cccc(Cl)c1)Nc1ccccc1Oc1ccccc1. The van der Waals surface area contributed by atoms with Crippen molar-refractivity contribution in [2.75, 3.05) is 18.5 Å². The third-order valence-corrected chi connectivity index (χ3v) is 3.79. The molecular formula is C21H19ClN2O3. The normalized spacial score (nSPS) is 10.1. The Morgan fingerprint density at radius 2 is 1.63 bits per heavy atom. The third kappa shape index (κ3) is 5.94. The molecular weight excluding hydrogens is 364 g/mol. The highest BCUT2D eigenvalue weighted by molar-refractivity contribution is 6.30. The zero-order valence-corrected chi connectivity index (χ0v) is 15.3. The van der Waals surface area contributed by atoms with E-state index in [4.69, 9.17) is 21.1 Å². The molecule has 0 aliphatic heterocycles. The highest BCUT2D eigenvalue weighted by atomic mass is 35.5. The summed E-state index contributed by atoms with van der Waals surface area (Å²) in [7, 11) is 0.